The number of carbonyl (C=O) groups excluding carboxylic acids is 1. The van der Waals surface area contributed by atoms with Gasteiger partial charge in [-0.15, -0.1) is 10.2 Å². The van der Waals surface area contributed by atoms with Gasteiger partial charge in [0.25, 0.3) is 0 Å². The van der Waals surface area contributed by atoms with E-state index in [9.17, 15) is 4.79 Å². The fourth-order valence-electron chi connectivity index (χ4n) is 8.78. The Morgan fingerprint density at radius 2 is 1.42 bits per heavy atom. The van der Waals surface area contributed by atoms with Crippen molar-refractivity contribution in [1.29, 1.82) is 0 Å². The number of likely N-dealkylation sites (tertiary alicyclic amines) is 1. The number of fused-ring (bicyclic) bond motifs is 1. The number of imidazole rings is 1. The van der Waals surface area contributed by atoms with Crippen LogP contribution < -0.4 is 54.0 Å². The van der Waals surface area contributed by atoms with Crippen LogP contribution in [0.3, 0.4) is 0 Å². The molecule has 5 aromatic carbocycles. The van der Waals surface area contributed by atoms with Gasteiger partial charge < -0.3 is 63.4 Å². The van der Waals surface area contributed by atoms with Gasteiger partial charge in [0.15, 0.2) is 5.95 Å². The van der Waals surface area contributed by atoms with Crippen molar-refractivity contribution in [1.82, 2.24) is 44.5 Å². The SMILES string of the molecule is COc1ccc(CN(Cc2ccc(OC)cc2)S(=O)(=O)c2c(S(=O)(=O)N[C@H]3CC[N+](C)(CCNC(=O)OC(C)(C)C)C3)ccc(-c3cccc4[nH]c(N)nc34)c2-c2nnn(Cc3ccc(OC)cc3)n2)cc1.[I-]. The number of methoxy groups -OCH3 is 3. The summed E-state index contributed by atoms with van der Waals surface area (Å²) in [6.07, 6.45) is -0.117. The van der Waals surface area contributed by atoms with Crippen LogP contribution in [0.25, 0.3) is 33.5 Å². The van der Waals surface area contributed by atoms with Crippen molar-refractivity contribution in [3.8, 4) is 39.8 Å². The molecular formula is C50H60IN11O9S2. The molecule has 1 aliphatic heterocycles. The summed E-state index contributed by atoms with van der Waals surface area (Å²) in [6, 6.07) is 28.7. The van der Waals surface area contributed by atoms with Crippen molar-refractivity contribution < 1.29 is 69.0 Å². The van der Waals surface area contributed by atoms with E-state index in [0.717, 1.165) is 5.56 Å². The average Bonchev–Trinajstić information content (AvgIpc) is 4.08. The van der Waals surface area contributed by atoms with E-state index in [0.29, 0.717) is 75.5 Å². The molecule has 1 fully saturated rings. The number of H-pyrrole nitrogens is 1. The first kappa shape index (κ1) is 54.4. The zero-order chi connectivity index (χ0) is 51.4. The molecular weight excluding hydrogens is 1090 g/mol. The Bertz CT molecular complexity index is 3230. The van der Waals surface area contributed by atoms with Crippen LogP contribution in [0.1, 0.15) is 43.9 Å². The zero-order valence-electron chi connectivity index (χ0n) is 41.6. The Kier molecular flexibility index (Phi) is 16.7. The fraction of sp³-hybridized carbons (Fsp3) is 0.340. The molecule has 0 aliphatic carbocycles. The average molecular weight is 1150 g/mol. The number of ether oxygens (including phenoxy) is 4. The first-order chi connectivity index (χ1) is 34.3. The number of hydrogen-bond acceptors (Lipinski definition) is 14. The number of aromatic nitrogens is 6. The van der Waals surface area contributed by atoms with Gasteiger partial charge in [-0.25, -0.2) is 31.3 Å². The summed E-state index contributed by atoms with van der Waals surface area (Å²) in [6.45, 7) is 6.81. The number of sulfonamides is 2. The van der Waals surface area contributed by atoms with Gasteiger partial charge in [-0.3, -0.25) is 0 Å². The van der Waals surface area contributed by atoms with Gasteiger partial charge in [0.05, 0.1) is 83.7 Å². The molecule has 2 aromatic heterocycles. The van der Waals surface area contributed by atoms with E-state index in [4.69, 9.17) is 29.8 Å². The number of nitrogens with one attached hydrogen (secondary N) is 3. The second kappa shape index (κ2) is 22.4. The number of nitrogen functional groups attached to an aromatic ring is 1. The number of alkyl carbamates (subject to hydrolysis) is 1. The lowest BCUT2D eigenvalue weighted by Gasteiger charge is -2.30. The largest absolute Gasteiger partial charge is 1.00 e. The van der Waals surface area contributed by atoms with Gasteiger partial charge in [-0.05, 0) is 96.8 Å². The van der Waals surface area contributed by atoms with E-state index >= 15 is 16.8 Å². The molecule has 0 radical (unpaired) electrons. The number of anilines is 1. The van der Waals surface area contributed by atoms with Crippen LogP contribution in [0.4, 0.5) is 10.7 Å². The number of benzene rings is 5. The van der Waals surface area contributed by atoms with E-state index in [-0.39, 0.29) is 73.1 Å². The Morgan fingerprint density at radius 1 is 0.836 bits per heavy atom. The second-order valence-electron chi connectivity index (χ2n) is 18.9. The van der Waals surface area contributed by atoms with Crippen LogP contribution >= 0.6 is 0 Å². The van der Waals surface area contributed by atoms with Gasteiger partial charge in [0.1, 0.15) is 32.6 Å². The second-order valence-corrected chi connectivity index (χ2v) is 22.4. The quantitative estimate of drug-likeness (QED) is 0.0672. The Labute approximate surface area is 442 Å². The maximum atomic E-state index is 16.3. The summed E-state index contributed by atoms with van der Waals surface area (Å²) < 4.78 is 89.3. The molecule has 1 amide bonds. The summed E-state index contributed by atoms with van der Waals surface area (Å²) in [5.74, 6) is 1.74. The molecule has 23 heteroatoms. The Hall–Kier alpha value is -6.38. The van der Waals surface area contributed by atoms with E-state index in [1.165, 1.54) is 29.4 Å². The van der Waals surface area contributed by atoms with E-state index in [2.05, 4.69) is 30.3 Å². The van der Waals surface area contributed by atoms with Gasteiger partial charge in [-0.1, -0.05) is 54.6 Å². The molecule has 20 nitrogen and oxygen atoms in total. The van der Waals surface area contributed by atoms with E-state index in [1.54, 1.807) is 113 Å². The Morgan fingerprint density at radius 3 is 2.00 bits per heavy atom. The predicted molar refractivity (Wildman–Crippen MR) is 271 cm³/mol. The zero-order valence-corrected chi connectivity index (χ0v) is 45.4. The molecule has 3 heterocycles. The molecule has 388 valence electrons. The molecule has 8 rings (SSSR count). The first-order valence-corrected chi connectivity index (χ1v) is 26.1. The molecule has 2 atom stereocenters. The molecule has 0 saturated carbocycles. The third-order valence-electron chi connectivity index (χ3n) is 12.3. The fourth-order valence-corrected chi connectivity index (χ4v) is 12.5. The molecule has 73 heavy (non-hydrogen) atoms. The van der Waals surface area contributed by atoms with Gasteiger partial charge in [-0.2, -0.15) is 9.10 Å². The minimum absolute atomic E-state index is 0. The monoisotopic (exact) mass is 1150 g/mol. The first-order valence-electron chi connectivity index (χ1n) is 23.2. The Balaban J connectivity index is 0.00000780. The lowest BCUT2D eigenvalue weighted by Crippen LogP contribution is -3.00. The number of hydrogen-bond donors (Lipinski definition) is 4. The van der Waals surface area contributed by atoms with Crippen molar-refractivity contribution in [2.45, 2.75) is 68.3 Å². The predicted octanol–water partition coefficient (Wildman–Crippen LogP) is 2.96. The minimum atomic E-state index is -4.94. The topological polar surface area (TPSA) is 248 Å². The number of nitrogens with two attached hydrogens (primary N) is 1. The molecule has 1 aliphatic rings. The highest BCUT2D eigenvalue weighted by Gasteiger charge is 2.41. The van der Waals surface area contributed by atoms with Crippen LogP contribution in [0.15, 0.2) is 113 Å². The third-order valence-corrected chi connectivity index (χ3v) is 15.9. The maximum absolute atomic E-state index is 16.3. The molecule has 1 unspecified atom stereocenters. The number of quaternary nitrogens is 1. The molecule has 1 saturated heterocycles. The highest BCUT2D eigenvalue weighted by atomic mass is 127. The van der Waals surface area contributed by atoms with Gasteiger partial charge in [0.2, 0.25) is 25.9 Å². The van der Waals surface area contributed by atoms with Crippen molar-refractivity contribution in [2.24, 2.45) is 0 Å². The van der Waals surface area contributed by atoms with Crippen molar-refractivity contribution in [2.75, 3.05) is 60.3 Å². The third kappa shape index (κ3) is 12.9. The van der Waals surface area contributed by atoms with Crippen LogP contribution in [0.2, 0.25) is 0 Å². The van der Waals surface area contributed by atoms with Crippen LogP contribution in [-0.2, 0) is 44.4 Å². The van der Waals surface area contributed by atoms with Gasteiger partial charge in [0, 0.05) is 25.1 Å². The van der Waals surface area contributed by atoms with Gasteiger partial charge >= 0.3 is 6.09 Å². The summed E-state index contributed by atoms with van der Waals surface area (Å²) in [5.41, 5.74) is 9.02. The van der Waals surface area contributed by atoms with Crippen molar-refractivity contribution in [3.63, 3.8) is 0 Å². The van der Waals surface area contributed by atoms with E-state index in [1.807, 2.05) is 19.2 Å². The number of carbonyl (C=O) groups is 1. The number of tetrazole rings is 1. The summed E-state index contributed by atoms with van der Waals surface area (Å²) in [5, 5.41) is 16.4. The van der Waals surface area contributed by atoms with Crippen LogP contribution in [-0.4, -0.2) is 128 Å². The number of likely N-dealkylation sites (N-methyl/N-ethyl adjacent to an activating group) is 1. The lowest BCUT2D eigenvalue weighted by atomic mass is 9.98. The minimum Gasteiger partial charge on any atom is -1.00 e. The van der Waals surface area contributed by atoms with Crippen LogP contribution in [0, 0.1) is 0 Å². The smallest absolute Gasteiger partial charge is 0.407 e. The number of rotatable bonds is 19. The molecule has 0 spiro atoms. The summed E-state index contributed by atoms with van der Waals surface area (Å²) in [7, 11) is -3.02. The highest BCUT2D eigenvalue weighted by Crippen LogP contribution is 2.43. The molecule has 7 aromatic rings. The number of halogens is 1. The number of aromatic amines is 1. The molecule has 5 N–H and O–H groups in total. The normalized spacial score (nSPS) is 16.0. The highest BCUT2D eigenvalue weighted by molar-refractivity contribution is 7.92. The summed E-state index contributed by atoms with van der Waals surface area (Å²) >= 11 is 0. The molecule has 0 bridgehead atoms. The van der Waals surface area contributed by atoms with Crippen molar-refractivity contribution >= 4 is 43.1 Å². The van der Waals surface area contributed by atoms with E-state index < -0.39 is 47.6 Å². The maximum Gasteiger partial charge on any atom is 0.407 e. The van der Waals surface area contributed by atoms with Crippen molar-refractivity contribution in [3.05, 3.63) is 120 Å². The lowest BCUT2D eigenvalue weighted by molar-refractivity contribution is -0.896. The standard InChI is InChI=1S/C50H59N11O9S2.HI/c1-50(2,3)70-49(62)52-26-28-61(4)27-25-36(32-61)57-71(63,64)43-24-23-40(41-9-8-10-42-45(41)54-48(51)53-42)44(47-55-58-60(56-47)31-35-15-21-39(69-7)22-16-35)46(43)72(65,66)59(29-33-11-17-37(67-5)18-12-33)30-34-13-19-38(68-6)20-14-34;/h8-24,36,57H,25-32H2,1-7H3,(H3-,51,52,53,54,55,56,58,62);1H/t36-,61?;/m0./s1. The number of para-hydroxylation sites is 1. The summed E-state index contributed by atoms with van der Waals surface area (Å²) in [4.78, 5) is 20.3. The number of amides is 1. The van der Waals surface area contributed by atoms with Crippen LogP contribution in [0.5, 0.6) is 17.2 Å². The number of nitrogens with zero attached hydrogens (tertiary/aromatic N) is 7.